The van der Waals surface area contributed by atoms with Gasteiger partial charge >= 0.3 is 0 Å². The molecule has 1 atom stereocenters. The molecule has 0 aliphatic carbocycles. The number of para-hydroxylation sites is 2. The molecule has 0 saturated carbocycles. The maximum absolute atomic E-state index is 4.90. The summed E-state index contributed by atoms with van der Waals surface area (Å²) in [5.41, 5.74) is 10.3. The van der Waals surface area contributed by atoms with Gasteiger partial charge in [-0.2, -0.15) is 0 Å². The maximum atomic E-state index is 4.90. The van der Waals surface area contributed by atoms with E-state index in [1.165, 1.54) is 33.1 Å². The Balaban J connectivity index is 1.26. The van der Waals surface area contributed by atoms with E-state index in [4.69, 9.17) is 4.98 Å². The number of hydrogen-bond donors (Lipinski definition) is 0. The van der Waals surface area contributed by atoms with Gasteiger partial charge in [-0.1, -0.05) is 73.2 Å². The maximum Gasteiger partial charge on any atom is 0.133 e. The number of imidazole rings is 1. The predicted octanol–water partition coefficient (Wildman–Crippen LogP) is 10.1. The Kier molecular flexibility index (Phi) is 6.00. The van der Waals surface area contributed by atoms with Crippen molar-refractivity contribution >= 4 is 44.9 Å². The third kappa shape index (κ3) is 4.43. The van der Waals surface area contributed by atoms with E-state index in [1.807, 2.05) is 0 Å². The first-order chi connectivity index (χ1) is 21.1. The average molecular weight is 557 g/mol. The van der Waals surface area contributed by atoms with Crippen LogP contribution in [0, 0.1) is 12.8 Å². The van der Waals surface area contributed by atoms with Crippen LogP contribution in [0.4, 0.5) is 17.1 Å². The second-order valence-corrected chi connectivity index (χ2v) is 11.6. The van der Waals surface area contributed by atoms with E-state index in [1.54, 1.807) is 0 Å². The van der Waals surface area contributed by atoms with E-state index in [2.05, 4.69) is 168 Å². The summed E-state index contributed by atoms with van der Waals surface area (Å²) in [5.74, 6) is 1.56. The smallest absolute Gasteiger partial charge is 0.133 e. The fourth-order valence-corrected chi connectivity index (χ4v) is 6.39. The lowest BCUT2D eigenvalue weighted by atomic mass is 10.1. The molecule has 0 saturated heterocycles. The monoisotopic (exact) mass is 556 g/mol. The molecule has 3 heterocycles. The highest BCUT2D eigenvalue weighted by molar-refractivity contribution is 6.11. The van der Waals surface area contributed by atoms with E-state index in [0.717, 1.165) is 40.7 Å². The van der Waals surface area contributed by atoms with Gasteiger partial charge < -0.3 is 14.0 Å². The summed E-state index contributed by atoms with van der Waals surface area (Å²) >= 11 is 0. The van der Waals surface area contributed by atoms with Crippen LogP contribution in [0.2, 0.25) is 0 Å². The zero-order chi connectivity index (χ0) is 28.9. The van der Waals surface area contributed by atoms with Crippen LogP contribution in [-0.4, -0.2) is 14.1 Å². The van der Waals surface area contributed by atoms with Crippen molar-refractivity contribution in [1.82, 2.24) is 14.1 Å². The number of allylic oxidation sites excluding steroid dienone is 1. The van der Waals surface area contributed by atoms with Crippen molar-refractivity contribution in [2.75, 3.05) is 4.90 Å². The Hall–Kier alpha value is -5.35. The normalized spacial score (nSPS) is 14.3. The van der Waals surface area contributed by atoms with Gasteiger partial charge in [0.1, 0.15) is 5.82 Å². The van der Waals surface area contributed by atoms with Gasteiger partial charge in [0.25, 0.3) is 0 Å². The molecule has 0 N–H and O–H groups in total. The molecule has 1 unspecified atom stereocenters. The van der Waals surface area contributed by atoms with E-state index in [0.29, 0.717) is 5.92 Å². The quantitative estimate of drug-likeness (QED) is 0.211. The fraction of sp³-hybridized carbons (Fsp3) is 0.103. The number of anilines is 3. The lowest BCUT2D eigenvalue weighted by Gasteiger charge is -2.26. The number of aryl methyl sites for hydroxylation is 1. The van der Waals surface area contributed by atoms with Crippen LogP contribution in [0.3, 0.4) is 0 Å². The molecule has 1 aliphatic heterocycles. The van der Waals surface area contributed by atoms with Gasteiger partial charge in [0.15, 0.2) is 0 Å². The molecule has 0 bridgehead atoms. The first-order valence-electron chi connectivity index (χ1n) is 14.9. The zero-order valence-electron chi connectivity index (χ0n) is 24.4. The molecule has 4 nitrogen and oxygen atoms in total. The molecule has 0 spiro atoms. The molecule has 8 rings (SSSR count). The minimum atomic E-state index is 0.527. The average Bonchev–Trinajstić information content (AvgIpc) is 3.61. The molecule has 4 heteroatoms. The van der Waals surface area contributed by atoms with E-state index < -0.39 is 0 Å². The van der Waals surface area contributed by atoms with E-state index >= 15 is 0 Å². The molecule has 7 aromatic rings. The molecule has 0 amide bonds. The first kappa shape index (κ1) is 25.4. The highest BCUT2D eigenvalue weighted by Gasteiger charge is 2.18. The number of nitrogens with zero attached hydrogens (tertiary/aromatic N) is 4. The van der Waals surface area contributed by atoms with Gasteiger partial charge in [-0.25, -0.2) is 4.98 Å². The summed E-state index contributed by atoms with van der Waals surface area (Å²) in [6.45, 7) is 5.38. The summed E-state index contributed by atoms with van der Waals surface area (Å²) < 4.78 is 4.63. The van der Waals surface area contributed by atoms with Gasteiger partial charge in [-0.05, 0) is 85.6 Å². The molecular formula is C39H32N4. The zero-order valence-corrected chi connectivity index (χ0v) is 24.4. The highest BCUT2D eigenvalue weighted by atomic mass is 15.1. The van der Waals surface area contributed by atoms with Gasteiger partial charge in [0.05, 0.1) is 16.7 Å². The predicted molar refractivity (Wildman–Crippen MR) is 180 cm³/mol. The molecule has 43 heavy (non-hydrogen) atoms. The number of rotatable bonds is 5. The second kappa shape index (κ2) is 10.2. The van der Waals surface area contributed by atoms with Crippen molar-refractivity contribution < 1.29 is 0 Å². The lowest BCUT2D eigenvalue weighted by Crippen LogP contribution is -2.10. The fourth-order valence-electron chi connectivity index (χ4n) is 6.39. The minimum Gasteiger partial charge on any atom is -0.330 e. The van der Waals surface area contributed by atoms with Crippen molar-refractivity contribution in [2.45, 2.75) is 20.4 Å². The van der Waals surface area contributed by atoms with Crippen LogP contribution >= 0.6 is 0 Å². The van der Waals surface area contributed by atoms with Crippen LogP contribution < -0.4 is 4.90 Å². The molecular weight excluding hydrogens is 524 g/mol. The van der Waals surface area contributed by atoms with Crippen LogP contribution in [0.1, 0.15) is 18.3 Å². The molecule has 5 aromatic carbocycles. The van der Waals surface area contributed by atoms with Gasteiger partial charge in [-0.3, -0.25) is 0 Å². The SMILES string of the molecule is Cc1ccc2c(c1)c1cc(N(c3ccccc3)c3ccc(-c4cn5c(n4)C=CC(C)C5)cc3)ccc1n2-c1ccccc1. The summed E-state index contributed by atoms with van der Waals surface area (Å²) in [6.07, 6.45) is 6.55. The Morgan fingerprint density at radius 1 is 0.698 bits per heavy atom. The Morgan fingerprint density at radius 2 is 1.35 bits per heavy atom. The molecule has 1 aliphatic rings. The molecule has 2 aromatic heterocycles. The van der Waals surface area contributed by atoms with Crippen molar-refractivity contribution in [1.29, 1.82) is 0 Å². The van der Waals surface area contributed by atoms with Gasteiger partial charge in [0, 0.05) is 51.8 Å². The Morgan fingerprint density at radius 3 is 2.12 bits per heavy atom. The molecule has 0 fully saturated rings. The number of benzene rings is 5. The highest BCUT2D eigenvalue weighted by Crippen LogP contribution is 2.40. The van der Waals surface area contributed by atoms with Crippen molar-refractivity contribution in [3.63, 3.8) is 0 Å². The number of fused-ring (bicyclic) bond motifs is 4. The Bertz CT molecular complexity index is 2120. The van der Waals surface area contributed by atoms with E-state index in [-0.39, 0.29) is 0 Å². The number of aromatic nitrogens is 3. The largest absolute Gasteiger partial charge is 0.330 e. The molecule has 0 radical (unpaired) electrons. The summed E-state index contributed by atoms with van der Waals surface area (Å²) in [7, 11) is 0. The lowest BCUT2D eigenvalue weighted by molar-refractivity contribution is 0.556. The van der Waals surface area contributed by atoms with Crippen molar-refractivity contribution in [2.24, 2.45) is 5.92 Å². The van der Waals surface area contributed by atoms with E-state index in [9.17, 15) is 0 Å². The summed E-state index contributed by atoms with van der Waals surface area (Å²) in [5, 5.41) is 2.50. The Labute approximate surface area is 251 Å². The second-order valence-electron chi connectivity index (χ2n) is 11.6. The van der Waals surface area contributed by atoms with Crippen LogP contribution in [0.15, 0.2) is 134 Å². The standard InChI is InChI=1S/C39H32N4/c1-27-13-20-37-34(23-27)35-24-33(19-21-38(35)43(37)31-11-7-4-8-12-31)42(30-9-5-3-6-10-30)32-17-15-29(16-18-32)36-26-41-25-28(2)14-22-39(41)40-36/h3-24,26,28H,25H2,1-2H3. The van der Waals surface area contributed by atoms with Crippen molar-refractivity contribution in [3.05, 3.63) is 145 Å². The summed E-state index contributed by atoms with van der Waals surface area (Å²) in [6, 6.07) is 43.7. The minimum absolute atomic E-state index is 0.527. The first-order valence-corrected chi connectivity index (χ1v) is 14.9. The molecule has 208 valence electrons. The third-order valence-corrected chi connectivity index (χ3v) is 8.48. The topological polar surface area (TPSA) is 26.0 Å². The van der Waals surface area contributed by atoms with Crippen LogP contribution in [0.5, 0.6) is 0 Å². The van der Waals surface area contributed by atoms with Crippen molar-refractivity contribution in [3.8, 4) is 16.9 Å². The third-order valence-electron chi connectivity index (χ3n) is 8.48. The van der Waals surface area contributed by atoms with Crippen LogP contribution in [-0.2, 0) is 6.54 Å². The van der Waals surface area contributed by atoms with Crippen LogP contribution in [0.25, 0.3) is 44.8 Å². The van der Waals surface area contributed by atoms with Gasteiger partial charge in [-0.15, -0.1) is 0 Å². The number of hydrogen-bond acceptors (Lipinski definition) is 2. The summed E-state index contributed by atoms with van der Waals surface area (Å²) in [4.78, 5) is 7.24. The van der Waals surface area contributed by atoms with Gasteiger partial charge in [0.2, 0.25) is 0 Å².